The summed E-state index contributed by atoms with van der Waals surface area (Å²) < 4.78 is 16.0. The van der Waals surface area contributed by atoms with Gasteiger partial charge in [-0.15, -0.1) is 0 Å². The molecule has 8 heteroatoms. The number of hydrogen-bond acceptors (Lipinski definition) is 5. The lowest BCUT2D eigenvalue weighted by Crippen LogP contribution is -2.38. The number of fused-ring (bicyclic) bond motifs is 1. The van der Waals surface area contributed by atoms with Gasteiger partial charge in [0.25, 0.3) is 5.56 Å². The van der Waals surface area contributed by atoms with Crippen molar-refractivity contribution in [3.63, 3.8) is 0 Å². The first-order valence-electron chi connectivity index (χ1n) is 8.16. The molecule has 128 valence electrons. The first-order chi connectivity index (χ1) is 11.5. The monoisotopic (exact) mass is 334 g/mol. The van der Waals surface area contributed by atoms with E-state index in [9.17, 15) is 19.2 Å². The van der Waals surface area contributed by atoms with E-state index in [0.29, 0.717) is 36.8 Å². The molecule has 1 aliphatic heterocycles. The van der Waals surface area contributed by atoms with E-state index < -0.39 is 17.1 Å². The van der Waals surface area contributed by atoms with Crippen LogP contribution in [0.15, 0.2) is 21.7 Å². The fourth-order valence-electron chi connectivity index (χ4n) is 3.50. The Morgan fingerprint density at radius 2 is 2.00 bits per heavy atom. The fourth-order valence-corrected chi connectivity index (χ4v) is 3.50. The maximum absolute atomic E-state index is 14.6. The van der Waals surface area contributed by atoms with Gasteiger partial charge in [-0.05, 0) is 43.9 Å². The molecular formula is C16H19FN4O3. The van der Waals surface area contributed by atoms with Gasteiger partial charge < -0.3 is 15.8 Å². The Hall–Kier alpha value is -2.35. The lowest BCUT2D eigenvalue weighted by atomic mass is 10.1. The second-order valence-electron chi connectivity index (χ2n) is 6.66. The largest absolute Gasteiger partial charge is 0.421 e. The highest BCUT2D eigenvalue weighted by Gasteiger charge is 2.30. The Bertz CT molecular complexity index is 932. The smallest absolute Gasteiger partial charge is 0.365 e. The number of benzene rings is 1. The SMILES string of the molecule is NCC1CCN(c2cc3c(cc2F)c(=O)n(O)c(=O)n3C2CC2)C1. The summed E-state index contributed by atoms with van der Waals surface area (Å²) in [7, 11) is 0. The maximum Gasteiger partial charge on any atom is 0.365 e. The molecule has 7 nitrogen and oxygen atoms in total. The minimum atomic E-state index is -0.890. The van der Waals surface area contributed by atoms with E-state index in [1.807, 2.05) is 4.90 Å². The van der Waals surface area contributed by atoms with Crippen molar-refractivity contribution in [1.29, 1.82) is 0 Å². The van der Waals surface area contributed by atoms with Crippen LogP contribution >= 0.6 is 0 Å². The number of aromatic nitrogens is 2. The summed E-state index contributed by atoms with van der Waals surface area (Å²) in [6.07, 6.45) is 2.50. The van der Waals surface area contributed by atoms with Crippen LogP contribution in [0.25, 0.3) is 10.9 Å². The van der Waals surface area contributed by atoms with Crippen LogP contribution < -0.4 is 21.9 Å². The summed E-state index contributed by atoms with van der Waals surface area (Å²) >= 11 is 0. The van der Waals surface area contributed by atoms with Crippen molar-refractivity contribution < 1.29 is 9.60 Å². The van der Waals surface area contributed by atoms with Gasteiger partial charge in [0, 0.05) is 19.1 Å². The summed E-state index contributed by atoms with van der Waals surface area (Å²) in [6.45, 7) is 1.90. The molecular weight excluding hydrogens is 315 g/mol. The van der Waals surface area contributed by atoms with Gasteiger partial charge in [-0.3, -0.25) is 9.36 Å². The average molecular weight is 334 g/mol. The predicted molar refractivity (Wildman–Crippen MR) is 87.3 cm³/mol. The molecule has 0 radical (unpaired) electrons. The minimum absolute atomic E-state index is 0.0137. The van der Waals surface area contributed by atoms with E-state index >= 15 is 0 Å². The first kappa shape index (κ1) is 15.2. The minimum Gasteiger partial charge on any atom is -0.421 e. The number of nitrogens with two attached hydrogens (primary N) is 1. The molecule has 1 aliphatic carbocycles. The van der Waals surface area contributed by atoms with Gasteiger partial charge in [0.15, 0.2) is 0 Å². The van der Waals surface area contributed by atoms with Gasteiger partial charge in [-0.25, -0.2) is 9.18 Å². The van der Waals surface area contributed by atoms with Crippen molar-refractivity contribution in [3.05, 3.63) is 38.8 Å². The highest BCUT2D eigenvalue weighted by Crippen LogP contribution is 2.37. The van der Waals surface area contributed by atoms with E-state index in [1.54, 1.807) is 6.07 Å². The van der Waals surface area contributed by atoms with E-state index in [2.05, 4.69) is 0 Å². The summed E-state index contributed by atoms with van der Waals surface area (Å²) in [5.74, 6) is -0.213. The number of anilines is 1. The van der Waals surface area contributed by atoms with Crippen LogP contribution in [0.4, 0.5) is 10.1 Å². The maximum atomic E-state index is 14.6. The van der Waals surface area contributed by atoms with Crippen molar-refractivity contribution in [2.24, 2.45) is 11.7 Å². The van der Waals surface area contributed by atoms with Gasteiger partial charge >= 0.3 is 5.69 Å². The molecule has 0 amide bonds. The third kappa shape index (κ3) is 2.21. The lowest BCUT2D eigenvalue weighted by molar-refractivity contribution is 0.157. The van der Waals surface area contributed by atoms with Gasteiger partial charge in [-0.2, -0.15) is 0 Å². The number of rotatable bonds is 3. The van der Waals surface area contributed by atoms with Gasteiger partial charge in [-0.1, -0.05) is 4.73 Å². The van der Waals surface area contributed by atoms with E-state index in [0.717, 1.165) is 25.3 Å². The van der Waals surface area contributed by atoms with E-state index in [-0.39, 0.29) is 16.2 Å². The van der Waals surface area contributed by atoms with Gasteiger partial charge in [0.05, 0.1) is 16.6 Å². The van der Waals surface area contributed by atoms with Crippen LogP contribution in [-0.2, 0) is 0 Å². The Balaban J connectivity index is 1.94. The molecule has 2 aliphatic rings. The molecule has 2 fully saturated rings. The molecule has 4 rings (SSSR count). The zero-order chi connectivity index (χ0) is 17.0. The molecule has 3 N–H and O–H groups in total. The molecule has 1 aromatic carbocycles. The van der Waals surface area contributed by atoms with Crippen LogP contribution in [-0.4, -0.2) is 34.1 Å². The second-order valence-corrected chi connectivity index (χ2v) is 6.66. The first-order valence-corrected chi connectivity index (χ1v) is 8.16. The Morgan fingerprint density at radius 1 is 1.25 bits per heavy atom. The third-order valence-electron chi connectivity index (χ3n) is 5.01. The molecule has 0 bridgehead atoms. The van der Waals surface area contributed by atoms with Crippen molar-refractivity contribution in [2.75, 3.05) is 24.5 Å². The Morgan fingerprint density at radius 3 is 2.62 bits per heavy atom. The molecule has 1 saturated heterocycles. The molecule has 1 saturated carbocycles. The number of nitrogens with zero attached hydrogens (tertiary/aromatic N) is 3. The summed E-state index contributed by atoms with van der Waals surface area (Å²) in [6, 6.07) is 2.63. The fraction of sp³-hybridized carbons (Fsp3) is 0.500. The van der Waals surface area contributed by atoms with Gasteiger partial charge in [0.2, 0.25) is 0 Å². The van der Waals surface area contributed by atoms with E-state index in [4.69, 9.17) is 5.73 Å². The average Bonchev–Trinajstić information content (AvgIpc) is 3.29. The van der Waals surface area contributed by atoms with Crippen molar-refractivity contribution >= 4 is 16.6 Å². The topological polar surface area (TPSA) is 93.5 Å². The zero-order valence-corrected chi connectivity index (χ0v) is 13.1. The summed E-state index contributed by atoms with van der Waals surface area (Å²) in [5, 5.41) is 9.74. The summed E-state index contributed by atoms with van der Waals surface area (Å²) in [4.78, 5) is 26.3. The highest BCUT2D eigenvalue weighted by atomic mass is 19.1. The normalized spacial score (nSPS) is 20.9. The zero-order valence-electron chi connectivity index (χ0n) is 13.1. The van der Waals surface area contributed by atoms with Crippen LogP contribution in [0, 0.1) is 11.7 Å². The van der Waals surface area contributed by atoms with Gasteiger partial charge in [0.1, 0.15) is 5.82 Å². The molecule has 0 spiro atoms. The van der Waals surface area contributed by atoms with E-state index in [1.165, 1.54) is 4.57 Å². The predicted octanol–water partition coefficient (Wildman–Crippen LogP) is 0.659. The third-order valence-corrected chi connectivity index (χ3v) is 5.01. The van der Waals surface area contributed by atoms with Crippen LogP contribution in [0.1, 0.15) is 25.3 Å². The Labute approximate surface area is 136 Å². The Kier molecular flexibility index (Phi) is 3.38. The van der Waals surface area contributed by atoms with Crippen molar-refractivity contribution in [3.8, 4) is 0 Å². The standard InChI is InChI=1S/C16H19FN4O3/c17-12-5-11-13(6-14(12)19-4-3-9(7-18)8-19)20(10-1-2-10)16(23)21(24)15(11)22/h5-6,9-10,24H,1-4,7-8,18H2. The van der Waals surface area contributed by atoms with Crippen LogP contribution in [0.2, 0.25) is 0 Å². The summed E-state index contributed by atoms with van der Waals surface area (Å²) in [5.41, 5.74) is 4.79. The molecule has 1 atom stereocenters. The number of halogens is 1. The van der Waals surface area contributed by atoms with Crippen molar-refractivity contribution in [1.82, 2.24) is 9.30 Å². The quantitative estimate of drug-likeness (QED) is 0.804. The van der Waals surface area contributed by atoms with Crippen LogP contribution in [0.5, 0.6) is 0 Å². The second kappa shape index (κ2) is 5.34. The molecule has 2 heterocycles. The number of hydrogen-bond donors (Lipinski definition) is 2. The highest BCUT2D eigenvalue weighted by molar-refractivity contribution is 5.82. The lowest BCUT2D eigenvalue weighted by Gasteiger charge is -2.21. The van der Waals surface area contributed by atoms with Crippen molar-refractivity contribution in [2.45, 2.75) is 25.3 Å². The molecule has 24 heavy (non-hydrogen) atoms. The molecule has 1 unspecified atom stereocenters. The molecule has 1 aromatic heterocycles. The molecule has 2 aromatic rings. The van der Waals surface area contributed by atoms with Crippen LogP contribution in [0.3, 0.4) is 0 Å².